The summed E-state index contributed by atoms with van der Waals surface area (Å²) in [6, 6.07) is 8.07. The highest BCUT2D eigenvalue weighted by Gasteiger charge is 2.61. The Morgan fingerprint density at radius 3 is 2.62 bits per heavy atom. The lowest BCUT2D eigenvalue weighted by Gasteiger charge is -2.38. The van der Waals surface area contributed by atoms with Gasteiger partial charge in [-0.05, 0) is 48.7 Å². The summed E-state index contributed by atoms with van der Waals surface area (Å²) < 4.78 is 30.7. The standard InChI is InChI=1S/C25H25Cl2F2N3O2/c1-24(2,9-10-31-3)12-19-25(13-30,16-8-7-14(26)11-18(16)28)20(22(32-19)23(33)34)15-5-4-6-17(27)21(15)29/h4-8,11,19-20,22,32H,3,9-10,12H2,1-2H3,(H,33,34)/t19-,20-,22+,25-/m0/s1. The summed E-state index contributed by atoms with van der Waals surface area (Å²) in [6.45, 7) is 7.86. The van der Waals surface area contributed by atoms with Crippen LogP contribution in [0.4, 0.5) is 8.78 Å². The van der Waals surface area contributed by atoms with Gasteiger partial charge in [0.25, 0.3) is 0 Å². The van der Waals surface area contributed by atoms with Gasteiger partial charge in [0.1, 0.15) is 23.1 Å². The van der Waals surface area contributed by atoms with E-state index in [9.17, 15) is 15.2 Å². The van der Waals surface area contributed by atoms with Crippen molar-refractivity contribution in [1.29, 1.82) is 5.26 Å². The molecule has 1 saturated heterocycles. The highest BCUT2D eigenvalue weighted by molar-refractivity contribution is 6.31. The molecule has 1 aliphatic rings. The second kappa shape index (κ2) is 9.99. The number of hydrogen-bond acceptors (Lipinski definition) is 4. The maximum absolute atomic E-state index is 15.4. The van der Waals surface area contributed by atoms with Crippen LogP contribution in [0.3, 0.4) is 0 Å². The Kier molecular flexibility index (Phi) is 7.66. The van der Waals surface area contributed by atoms with Gasteiger partial charge in [-0.25, -0.2) is 8.78 Å². The molecule has 2 N–H and O–H groups in total. The van der Waals surface area contributed by atoms with E-state index in [1.165, 1.54) is 30.3 Å². The number of carboxylic acids is 1. The third kappa shape index (κ3) is 4.68. The minimum atomic E-state index is -1.78. The first-order chi connectivity index (χ1) is 16.0. The van der Waals surface area contributed by atoms with Crippen molar-refractivity contribution >= 4 is 35.9 Å². The zero-order valence-corrected chi connectivity index (χ0v) is 20.3. The zero-order chi connectivity index (χ0) is 25.3. The molecule has 1 heterocycles. The van der Waals surface area contributed by atoms with Crippen molar-refractivity contribution in [2.75, 3.05) is 6.54 Å². The van der Waals surface area contributed by atoms with Gasteiger partial charge in [0.2, 0.25) is 0 Å². The number of aliphatic carboxylic acids is 1. The summed E-state index contributed by atoms with van der Waals surface area (Å²) >= 11 is 12.0. The van der Waals surface area contributed by atoms with Crippen molar-refractivity contribution in [2.45, 2.75) is 50.1 Å². The SMILES string of the molecule is C=NCCC(C)(C)C[C@@H]1N[C@@H](C(=O)O)[C@H](c2cccc(Cl)c2F)[C@@]1(C#N)c1ccc(Cl)cc1F. The van der Waals surface area contributed by atoms with Crippen LogP contribution in [0.5, 0.6) is 0 Å². The van der Waals surface area contributed by atoms with Crippen LogP contribution in [0.25, 0.3) is 0 Å². The molecule has 3 rings (SSSR count). The molecule has 4 atom stereocenters. The first-order valence-corrected chi connectivity index (χ1v) is 11.5. The maximum atomic E-state index is 15.4. The fourth-order valence-corrected chi connectivity index (χ4v) is 5.31. The monoisotopic (exact) mass is 507 g/mol. The molecule has 2 aromatic carbocycles. The number of benzene rings is 2. The minimum Gasteiger partial charge on any atom is -0.480 e. The summed E-state index contributed by atoms with van der Waals surface area (Å²) in [7, 11) is 0. The topological polar surface area (TPSA) is 85.5 Å². The predicted octanol–water partition coefficient (Wildman–Crippen LogP) is 5.75. The van der Waals surface area contributed by atoms with E-state index in [1.54, 1.807) is 0 Å². The Bertz CT molecular complexity index is 1150. The molecule has 0 aromatic heterocycles. The molecule has 180 valence electrons. The van der Waals surface area contributed by atoms with Crippen molar-refractivity contribution in [1.82, 2.24) is 5.32 Å². The lowest BCUT2D eigenvalue weighted by atomic mass is 9.62. The van der Waals surface area contributed by atoms with Gasteiger partial charge in [-0.3, -0.25) is 10.1 Å². The molecule has 0 radical (unpaired) electrons. The molecular formula is C25H25Cl2F2N3O2. The summed E-state index contributed by atoms with van der Waals surface area (Å²) in [5.41, 5.74) is -2.32. The third-order valence-electron chi connectivity index (χ3n) is 6.60. The fourth-order valence-electron chi connectivity index (χ4n) is 4.97. The van der Waals surface area contributed by atoms with Crippen molar-refractivity contribution in [3.8, 4) is 6.07 Å². The Morgan fingerprint density at radius 2 is 2.03 bits per heavy atom. The van der Waals surface area contributed by atoms with Gasteiger partial charge in [0, 0.05) is 29.1 Å². The molecule has 9 heteroatoms. The lowest BCUT2D eigenvalue weighted by molar-refractivity contribution is -0.139. The number of nitriles is 1. The minimum absolute atomic E-state index is 0.0531. The molecular weight excluding hydrogens is 483 g/mol. The number of carboxylic acid groups (broad SMARTS) is 1. The molecule has 1 aliphatic heterocycles. The molecule has 0 aliphatic carbocycles. The number of nitrogens with zero attached hydrogens (tertiary/aromatic N) is 2. The zero-order valence-electron chi connectivity index (χ0n) is 18.8. The van der Waals surface area contributed by atoms with Crippen LogP contribution >= 0.6 is 23.2 Å². The van der Waals surface area contributed by atoms with E-state index in [-0.39, 0.29) is 21.2 Å². The third-order valence-corrected chi connectivity index (χ3v) is 7.13. The van der Waals surface area contributed by atoms with Crippen molar-refractivity contribution in [3.63, 3.8) is 0 Å². The average molecular weight is 508 g/mol. The van der Waals surface area contributed by atoms with E-state index < -0.39 is 46.4 Å². The summed E-state index contributed by atoms with van der Waals surface area (Å²) in [5, 5.41) is 23.6. The first-order valence-electron chi connectivity index (χ1n) is 10.7. The van der Waals surface area contributed by atoms with Crippen LogP contribution < -0.4 is 5.32 Å². The maximum Gasteiger partial charge on any atom is 0.321 e. The van der Waals surface area contributed by atoms with Gasteiger partial charge >= 0.3 is 5.97 Å². The van der Waals surface area contributed by atoms with Crippen LogP contribution in [-0.2, 0) is 10.2 Å². The molecule has 0 unspecified atom stereocenters. The number of nitrogens with one attached hydrogen (secondary N) is 1. The second-order valence-corrected chi connectivity index (χ2v) is 10.2. The number of aliphatic imine (C=N–C) groups is 1. The molecule has 0 bridgehead atoms. The van der Waals surface area contributed by atoms with Crippen LogP contribution in [0.15, 0.2) is 41.4 Å². The molecule has 0 spiro atoms. The normalized spacial score (nSPS) is 24.6. The van der Waals surface area contributed by atoms with Gasteiger partial charge in [0.05, 0.1) is 11.1 Å². The second-order valence-electron chi connectivity index (χ2n) is 9.33. The van der Waals surface area contributed by atoms with Crippen molar-refractivity contribution < 1.29 is 18.7 Å². The van der Waals surface area contributed by atoms with E-state index in [0.29, 0.717) is 19.4 Å². The highest BCUT2D eigenvalue weighted by atomic mass is 35.5. The first kappa shape index (κ1) is 26.1. The van der Waals surface area contributed by atoms with Crippen molar-refractivity contribution in [2.24, 2.45) is 10.4 Å². The Labute approximate surface area is 207 Å². The van der Waals surface area contributed by atoms with E-state index in [4.69, 9.17) is 23.2 Å². The Hall–Kier alpha value is -2.53. The van der Waals surface area contributed by atoms with Gasteiger partial charge in [-0.1, -0.05) is 55.2 Å². The smallest absolute Gasteiger partial charge is 0.321 e. The Morgan fingerprint density at radius 1 is 1.32 bits per heavy atom. The average Bonchev–Trinajstić information content (AvgIpc) is 3.08. The van der Waals surface area contributed by atoms with Crippen LogP contribution in [0.2, 0.25) is 10.0 Å². The largest absolute Gasteiger partial charge is 0.480 e. The van der Waals surface area contributed by atoms with Gasteiger partial charge in [-0.15, -0.1) is 0 Å². The van der Waals surface area contributed by atoms with E-state index >= 15 is 8.78 Å². The molecule has 5 nitrogen and oxygen atoms in total. The van der Waals surface area contributed by atoms with Gasteiger partial charge in [-0.2, -0.15) is 5.26 Å². The molecule has 1 fully saturated rings. The molecule has 0 saturated carbocycles. The number of hydrogen-bond donors (Lipinski definition) is 2. The van der Waals surface area contributed by atoms with E-state index in [0.717, 1.165) is 6.07 Å². The van der Waals surface area contributed by atoms with E-state index in [1.807, 2.05) is 13.8 Å². The summed E-state index contributed by atoms with van der Waals surface area (Å²) in [4.78, 5) is 16.3. The van der Waals surface area contributed by atoms with Gasteiger partial charge < -0.3 is 10.1 Å². The molecule has 0 amide bonds. The number of carbonyl (C=O) groups is 1. The number of halogens is 4. The molecule has 34 heavy (non-hydrogen) atoms. The lowest BCUT2D eigenvalue weighted by Crippen LogP contribution is -2.45. The summed E-state index contributed by atoms with van der Waals surface area (Å²) in [6.07, 6.45) is 0.897. The van der Waals surface area contributed by atoms with Crippen LogP contribution in [-0.4, -0.2) is 36.4 Å². The Balaban J connectivity index is 2.32. The summed E-state index contributed by atoms with van der Waals surface area (Å²) in [5.74, 6) is -4.17. The quantitative estimate of drug-likeness (QED) is 0.445. The highest BCUT2D eigenvalue weighted by Crippen LogP contribution is 2.53. The number of rotatable bonds is 8. The van der Waals surface area contributed by atoms with Crippen molar-refractivity contribution in [3.05, 3.63) is 69.2 Å². The predicted molar refractivity (Wildman–Crippen MR) is 129 cm³/mol. The van der Waals surface area contributed by atoms with Crippen LogP contribution in [0, 0.1) is 28.4 Å². The fraction of sp³-hybridized carbons (Fsp3) is 0.400. The molecule has 2 aromatic rings. The van der Waals surface area contributed by atoms with Crippen LogP contribution in [0.1, 0.15) is 43.7 Å². The van der Waals surface area contributed by atoms with Gasteiger partial charge in [0.15, 0.2) is 0 Å². The van der Waals surface area contributed by atoms with E-state index in [2.05, 4.69) is 23.1 Å².